The Labute approximate surface area is 158 Å². The summed E-state index contributed by atoms with van der Waals surface area (Å²) in [4.78, 5) is 24.0. The van der Waals surface area contributed by atoms with Crippen LogP contribution in [0.1, 0.15) is 25.0 Å². The number of nitrogens with one attached hydrogen (secondary N) is 1. The predicted octanol–water partition coefficient (Wildman–Crippen LogP) is 4.16. The largest absolute Gasteiger partial charge is 0.482 e. The monoisotopic (exact) mass is 375 g/mol. The second-order valence-corrected chi connectivity index (χ2v) is 6.31. The van der Waals surface area contributed by atoms with E-state index >= 15 is 0 Å². The third-order valence-electron chi connectivity index (χ3n) is 3.79. The summed E-state index contributed by atoms with van der Waals surface area (Å²) in [7, 11) is 0. The van der Waals surface area contributed by atoms with Gasteiger partial charge in [-0.3, -0.25) is 4.79 Å². The van der Waals surface area contributed by atoms with Gasteiger partial charge in [0.2, 0.25) is 0 Å². The van der Waals surface area contributed by atoms with Gasteiger partial charge in [0.15, 0.2) is 12.7 Å². The van der Waals surface area contributed by atoms with Crippen molar-refractivity contribution in [2.75, 3.05) is 11.9 Å². The van der Waals surface area contributed by atoms with Crippen molar-refractivity contribution in [1.29, 1.82) is 0 Å². The van der Waals surface area contributed by atoms with E-state index < -0.39 is 18.0 Å². The van der Waals surface area contributed by atoms with E-state index in [1.165, 1.54) is 12.5 Å². The van der Waals surface area contributed by atoms with Crippen LogP contribution in [-0.2, 0) is 20.7 Å². The molecule has 2 rings (SSSR count). The highest BCUT2D eigenvalue weighted by Gasteiger charge is 2.18. The number of amides is 1. The molecule has 0 unspecified atom stereocenters. The number of carbonyl (C=O) groups is 2. The molecular formula is C20H22ClNO4. The van der Waals surface area contributed by atoms with Crippen LogP contribution in [0.4, 0.5) is 5.69 Å². The Morgan fingerprint density at radius 3 is 2.46 bits per heavy atom. The average Bonchev–Trinajstić information content (AvgIpc) is 2.61. The number of carbonyl (C=O) groups excluding carboxylic acids is 2. The minimum atomic E-state index is -0.928. The molecule has 1 amide bonds. The lowest BCUT2D eigenvalue weighted by atomic mass is 10.1. The van der Waals surface area contributed by atoms with Gasteiger partial charge in [0, 0.05) is 10.7 Å². The Bertz CT molecular complexity index is 774. The molecule has 0 radical (unpaired) electrons. The molecular weight excluding hydrogens is 354 g/mol. The topological polar surface area (TPSA) is 64.6 Å². The Morgan fingerprint density at radius 2 is 1.85 bits per heavy atom. The summed E-state index contributed by atoms with van der Waals surface area (Å²) in [6, 6.07) is 12.6. The molecule has 0 saturated heterocycles. The molecule has 0 fully saturated rings. The standard InChI is InChI=1S/C20H22ClNO4/c1-4-15-5-8-17(9-6-15)22-20(24)14(3)26-19(23)12-25-18-10-7-16(21)11-13(18)2/h5-11,14H,4,12H2,1-3H3,(H,22,24)/t14-/m1/s1. The van der Waals surface area contributed by atoms with E-state index in [-0.39, 0.29) is 6.61 Å². The minimum Gasteiger partial charge on any atom is -0.482 e. The number of anilines is 1. The third-order valence-corrected chi connectivity index (χ3v) is 4.02. The van der Waals surface area contributed by atoms with Crippen molar-refractivity contribution in [3.63, 3.8) is 0 Å². The Morgan fingerprint density at radius 1 is 1.15 bits per heavy atom. The number of halogens is 1. The van der Waals surface area contributed by atoms with Gasteiger partial charge >= 0.3 is 5.97 Å². The number of esters is 1. The lowest BCUT2D eigenvalue weighted by Gasteiger charge is -2.14. The zero-order valence-corrected chi connectivity index (χ0v) is 15.8. The molecule has 0 spiro atoms. The highest BCUT2D eigenvalue weighted by atomic mass is 35.5. The number of hydrogen-bond donors (Lipinski definition) is 1. The highest BCUT2D eigenvalue weighted by molar-refractivity contribution is 6.30. The van der Waals surface area contributed by atoms with Crippen molar-refractivity contribution < 1.29 is 19.1 Å². The molecule has 0 saturated carbocycles. The molecule has 1 N–H and O–H groups in total. The van der Waals surface area contributed by atoms with Gasteiger partial charge in [-0.05, 0) is 61.7 Å². The summed E-state index contributed by atoms with van der Waals surface area (Å²) in [6.07, 6.45) is -0.00160. The molecule has 26 heavy (non-hydrogen) atoms. The third kappa shape index (κ3) is 5.77. The van der Waals surface area contributed by atoms with Gasteiger partial charge in [-0.1, -0.05) is 30.7 Å². The van der Waals surface area contributed by atoms with Crippen LogP contribution in [-0.4, -0.2) is 24.6 Å². The van der Waals surface area contributed by atoms with Gasteiger partial charge in [-0.2, -0.15) is 0 Å². The first-order chi connectivity index (χ1) is 12.4. The van der Waals surface area contributed by atoms with Gasteiger partial charge in [0.25, 0.3) is 5.91 Å². The minimum absolute atomic E-state index is 0.286. The molecule has 0 aliphatic carbocycles. The highest BCUT2D eigenvalue weighted by Crippen LogP contribution is 2.21. The van der Waals surface area contributed by atoms with Crippen molar-refractivity contribution in [2.24, 2.45) is 0 Å². The normalized spacial score (nSPS) is 11.5. The number of rotatable bonds is 7. The zero-order valence-electron chi connectivity index (χ0n) is 15.0. The van der Waals surface area contributed by atoms with E-state index in [1.54, 1.807) is 18.2 Å². The molecule has 2 aromatic carbocycles. The lowest BCUT2D eigenvalue weighted by molar-refractivity contribution is -0.155. The first-order valence-electron chi connectivity index (χ1n) is 8.37. The van der Waals surface area contributed by atoms with Crippen molar-refractivity contribution in [2.45, 2.75) is 33.3 Å². The lowest BCUT2D eigenvalue weighted by Crippen LogP contribution is -2.31. The van der Waals surface area contributed by atoms with E-state index in [9.17, 15) is 9.59 Å². The maximum Gasteiger partial charge on any atom is 0.344 e. The fourth-order valence-corrected chi connectivity index (χ4v) is 2.49. The quantitative estimate of drug-likeness (QED) is 0.738. The number of hydrogen-bond acceptors (Lipinski definition) is 4. The van der Waals surface area contributed by atoms with E-state index in [0.29, 0.717) is 16.5 Å². The fraction of sp³-hybridized carbons (Fsp3) is 0.300. The van der Waals surface area contributed by atoms with Crippen LogP contribution in [0.2, 0.25) is 5.02 Å². The summed E-state index contributed by atoms with van der Waals surface area (Å²) in [5, 5.41) is 3.31. The molecule has 0 aromatic heterocycles. The van der Waals surface area contributed by atoms with Crippen LogP contribution in [0.3, 0.4) is 0 Å². The molecule has 5 nitrogen and oxygen atoms in total. The van der Waals surface area contributed by atoms with Crippen LogP contribution in [0.25, 0.3) is 0 Å². The maximum atomic E-state index is 12.1. The van der Waals surface area contributed by atoms with Crippen molar-refractivity contribution in [3.8, 4) is 5.75 Å². The first-order valence-corrected chi connectivity index (χ1v) is 8.75. The second kappa shape index (κ2) is 9.25. The SMILES string of the molecule is CCc1ccc(NC(=O)[C@@H](C)OC(=O)COc2ccc(Cl)cc2C)cc1. The van der Waals surface area contributed by atoms with Gasteiger partial charge in [0.05, 0.1) is 0 Å². The summed E-state index contributed by atoms with van der Waals surface area (Å²) in [5.41, 5.74) is 2.65. The van der Waals surface area contributed by atoms with Crippen molar-refractivity contribution in [3.05, 3.63) is 58.6 Å². The molecule has 0 aliphatic rings. The zero-order chi connectivity index (χ0) is 19.1. The smallest absolute Gasteiger partial charge is 0.344 e. The molecule has 2 aromatic rings. The number of ether oxygens (including phenoxy) is 2. The summed E-state index contributed by atoms with van der Waals surface area (Å²) in [5.74, 6) is -0.479. The second-order valence-electron chi connectivity index (χ2n) is 5.87. The van der Waals surface area contributed by atoms with E-state index in [4.69, 9.17) is 21.1 Å². The van der Waals surface area contributed by atoms with Crippen LogP contribution in [0.15, 0.2) is 42.5 Å². The Hall–Kier alpha value is -2.53. The maximum absolute atomic E-state index is 12.1. The average molecular weight is 376 g/mol. The number of aryl methyl sites for hydroxylation is 2. The van der Waals surface area contributed by atoms with Gasteiger partial charge in [0.1, 0.15) is 5.75 Å². The van der Waals surface area contributed by atoms with Crippen LogP contribution in [0, 0.1) is 6.92 Å². The molecule has 1 atom stereocenters. The molecule has 0 aliphatic heterocycles. The number of benzene rings is 2. The summed E-state index contributed by atoms with van der Waals surface area (Å²) in [6.45, 7) is 5.11. The van der Waals surface area contributed by atoms with E-state index in [1.807, 2.05) is 31.2 Å². The molecule has 0 bridgehead atoms. The van der Waals surface area contributed by atoms with Gasteiger partial charge < -0.3 is 14.8 Å². The van der Waals surface area contributed by atoms with Crippen molar-refractivity contribution in [1.82, 2.24) is 0 Å². The van der Waals surface area contributed by atoms with Crippen LogP contribution >= 0.6 is 11.6 Å². The van der Waals surface area contributed by atoms with Crippen LogP contribution in [0.5, 0.6) is 5.75 Å². The first kappa shape index (κ1) is 19.8. The van der Waals surface area contributed by atoms with Crippen LogP contribution < -0.4 is 10.1 Å². The Balaban J connectivity index is 1.82. The molecule has 0 heterocycles. The predicted molar refractivity (Wildman–Crippen MR) is 102 cm³/mol. The summed E-state index contributed by atoms with van der Waals surface area (Å²) >= 11 is 5.88. The summed E-state index contributed by atoms with van der Waals surface area (Å²) < 4.78 is 10.5. The molecule has 6 heteroatoms. The molecule has 138 valence electrons. The fourth-order valence-electron chi connectivity index (χ4n) is 2.26. The van der Waals surface area contributed by atoms with Gasteiger partial charge in [-0.15, -0.1) is 0 Å². The van der Waals surface area contributed by atoms with Gasteiger partial charge in [-0.25, -0.2) is 4.79 Å². The van der Waals surface area contributed by atoms with Crippen molar-refractivity contribution >= 4 is 29.2 Å². The van der Waals surface area contributed by atoms with E-state index in [0.717, 1.165) is 12.0 Å². The van der Waals surface area contributed by atoms with E-state index in [2.05, 4.69) is 12.2 Å². The Kier molecular flexibility index (Phi) is 7.04.